The number of nitrogens with zero attached hydrogens (tertiary/aromatic N) is 2. The number of hydrogen-bond donors (Lipinski definition) is 2. The molecule has 1 saturated carbocycles. The highest BCUT2D eigenvalue weighted by molar-refractivity contribution is 7.89. The number of nitrogens with two attached hydrogens (primary N) is 1. The van der Waals surface area contributed by atoms with E-state index in [1.165, 1.54) is 0 Å². The minimum Gasteiger partial charge on any atom is -0.354 e. The number of rotatable bonds is 5. The van der Waals surface area contributed by atoms with Crippen molar-refractivity contribution >= 4 is 16.0 Å². The van der Waals surface area contributed by atoms with Crippen molar-refractivity contribution in [3.63, 3.8) is 0 Å². The molecule has 3 rings (SSSR count). The van der Waals surface area contributed by atoms with Gasteiger partial charge in [0.1, 0.15) is 0 Å². The van der Waals surface area contributed by atoms with Gasteiger partial charge in [-0.3, -0.25) is 0 Å². The molecular formula is C18H24N4O2S. The fourth-order valence-electron chi connectivity index (χ4n) is 2.80. The maximum absolute atomic E-state index is 11.3. The van der Waals surface area contributed by atoms with Crippen LogP contribution in [0.25, 0.3) is 0 Å². The lowest BCUT2D eigenvalue weighted by molar-refractivity contribution is 0.441. The van der Waals surface area contributed by atoms with E-state index in [1.54, 1.807) is 18.3 Å². The highest BCUT2D eigenvalue weighted by atomic mass is 32.2. The lowest BCUT2D eigenvalue weighted by Crippen LogP contribution is -2.20. The predicted octanol–water partition coefficient (Wildman–Crippen LogP) is 2.85. The Morgan fingerprint density at radius 2 is 1.84 bits per heavy atom. The molecule has 0 amide bonds. The molecule has 1 heterocycles. The normalized spacial score (nSPS) is 20.3. The van der Waals surface area contributed by atoms with E-state index in [2.05, 4.69) is 36.1 Å². The van der Waals surface area contributed by atoms with Crippen molar-refractivity contribution in [2.24, 2.45) is 10.6 Å². The van der Waals surface area contributed by atoms with Gasteiger partial charge in [0.05, 0.1) is 4.90 Å². The number of anilines is 1. The maximum atomic E-state index is 11.3. The van der Waals surface area contributed by atoms with Gasteiger partial charge >= 0.3 is 0 Å². The summed E-state index contributed by atoms with van der Waals surface area (Å²) in [5.41, 5.74) is 2.29. The monoisotopic (exact) mass is 360 g/mol. The SMILES string of the molecule is CC(C)(C)CNc1nccc(C2CC2c2ccc(S(N)(=O)=O)cc2)n1. The van der Waals surface area contributed by atoms with Crippen molar-refractivity contribution in [2.45, 2.75) is 43.9 Å². The Bertz CT molecular complexity index is 857. The Labute approximate surface area is 148 Å². The predicted molar refractivity (Wildman–Crippen MR) is 97.9 cm³/mol. The number of aromatic nitrogens is 2. The van der Waals surface area contributed by atoms with Crippen molar-refractivity contribution in [3.8, 4) is 0 Å². The molecule has 2 unspecified atom stereocenters. The van der Waals surface area contributed by atoms with Gasteiger partial charge in [-0.1, -0.05) is 32.9 Å². The number of nitrogens with one attached hydrogen (secondary N) is 1. The van der Waals surface area contributed by atoms with Crippen molar-refractivity contribution in [1.29, 1.82) is 0 Å². The van der Waals surface area contributed by atoms with Crippen LogP contribution in [-0.2, 0) is 10.0 Å². The molecule has 0 aliphatic heterocycles. The van der Waals surface area contributed by atoms with Crippen LogP contribution in [0.5, 0.6) is 0 Å². The van der Waals surface area contributed by atoms with Gasteiger partial charge in [-0.15, -0.1) is 0 Å². The van der Waals surface area contributed by atoms with E-state index in [1.807, 2.05) is 18.2 Å². The van der Waals surface area contributed by atoms with Crippen LogP contribution in [-0.4, -0.2) is 24.9 Å². The van der Waals surface area contributed by atoms with E-state index in [0.717, 1.165) is 24.2 Å². The molecule has 0 spiro atoms. The third-order valence-corrected chi connectivity index (χ3v) is 5.19. The van der Waals surface area contributed by atoms with Crippen LogP contribution < -0.4 is 10.5 Å². The quantitative estimate of drug-likeness (QED) is 0.854. The van der Waals surface area contributed by atoms with E-state index in [0.29, 0.717) is 17.8 Å². The van der Waals surface area contributed by atoms with E-state index in [9.17, 15) is 8.42 Å². The van der Waals surface area contributed by atoms with Crippen molar-refractivity contribution in [3.05, 3.63) is 47.8 Å². The zero-order chi connectivity index (χ0) is 18.2. The van der Waals surface area contributed by atoms with E-state index in [-0.39, 0.29) is 10.3 Å². The highest BCUT2D eigenvalue weighted by Gasteiger charge is 2.40. The smallest absolute Gasteiger partial charge is 0.238 e. The molecular weight excluding hydrogens is 336 g/mol. The summed E-state index contributed by atoms with van der Waals surface area (Å²) in [6.45, 7) is 7.28. The summed E-state index contributed by atoms with van der Waals surface area (Å²) in [4.78, 5) is 9.06. The van der Waals surface area contributed by atoms with Gasteiger partial charge in [-0.2, -0.15) is 0 Å². The maximum Gasteiger partial charge on any atom is 0.238 e. The molecule has 7 heteroatoms. The van der Waals surface area contributed by atoms with Crippen LogP contribution >= 0.6 is 0 Å². The molecule has 3 N–H and O–H groups in total. The third-order valence-electron chi connectivity index (χ3n) is 4.26. The lowest BCUT2D eigenvalue weighted by atomic mass is 9.97. The Kier molecular flexibility index (Phi) is 4.55. The Morgan fingerprint density at radius 3 is 2.44 bits per heavy atom. The summed E-state index contributed by atoms with van der Waals surface area (Å²) in [5.74, 6) is 1.36. The third kappa shape index (κ3) is 4.55. The molecule has 25 heavy (non-hydrogen) atoms. The second-order valence-electron chi connectivity index (χ2n) is 7.78. The van der Waals surface area contributed by atoms with Crippen LogP contribution in [0.1, 0.15) is 50.3 Å². The summed E-state index contributed by atoms with van der Waals surface area (Å²) >= 11 is 0. The first-order chi connectivity index (χ1) is 11.6. The number of hydrogen-bond acceptors (Lipinski definition) is 5. The fourth-order valence-corrected chi connectivity index (χ4v) is 3.32. The molecule has 1 aliphatic rings. The largest absolute Gasteiger partial charge is 0.354 e. The molecule has 134 valence electrons. The zero-order valence-corrected chi connectivity index (χ0v) is 15.5. The van der Waals surface area contributed by atoms with Crippen LogP contribution in [0.2, 0.25) is 0 Å². The van der Waals surface area contributed by atoms with Gasteiger partial charge in [-0.05, 0) is 41.5 Å². The second kappa shape index (κ2) is 6.38. The minimum atomic E-state index is -3.64. The molecule has 2 aromatic rings. The first kappa shape index (κ1) is 17.8. The summed E-state index contributed by atoms with van der Waals surface area (Å²) in [6, 6.07) is 8.76. The molecule has 1 fully saturated rings. The molecule has 0 saturated heterocycles. The van der Waals surface area contributed by atoms with Gasteiger partial charge in [0.25, 0.3) is 0 Å². The topological polar surface area (TPSA) is 98.0 Å². The van der Waals surface area contributed by atoms with Gasteiger partial charge in [0.2, 0.25) is 16.0 Å². The Balaban J connectivity index is 1.69. The lowest BCUT2D eigenvalue weighted by Gasteiger charge is -2.18. The van der Waals surface area contributed by atoms with Gasteiger partial charge < -0.3 is 5.32 Å². The fraction of sp³-hybridized carbons (Fsp3) is 0.444. The molecule has 6 nitrogen and oxygen atoms in total. The summed E-state index contributed by atoms with van der Waals surface area (Å²) < 4.78 is 22.7. The standard InChI is InChI=1S/C18H24N4O2S/c1-18(2,3)11-21-17-20-9-8-16(22-17)15-10-14(15)12-4-6-13(7-5-12)25(19,23)24/h4-9,14-15H,10-11H2,1-3H3,(H2,19,23,24)(H,20,21,22). The summed E-state index contributed by atoms with van der Waals surface area (Å²) in [6.07, 6.45) is 2.79. The van der Waals surface area contributed by atoms with Crippen LogP contribution in [0.3, 0.4) is 0 Å². The molecule has 1 aromatic carbocycles. The summed E-state index contributed by atoms with van der Waals surface area (Å²) in [5, 5.41) is 8.42. The summed E-state index contributed by atoms with van der Waals surface area (Å²) in [7, 11) is -3.64. The van der Waals surface area contributed by atoms with Crippen LogP contribution in [0.4, 0.5) is 5.95 Å². The van der Waals surface area contributed by atoms with E-state index >= 15 is 0 Å². The van der Waals surface area contributed by atoms with Crippen LogP contribution in [0.15, 0.2) is 41.4 Å². The minimum absolute atomic E-state index is 0.143. The molecule has 0 radical (unpaired) electrons. The van der Waals surface area contributed by atoms with Crippen molar-refractivity contribution in [1.82, 2.24) is 9.97 Å². The average molecular weight is 360 g/mol. The van der Waals surface area contributed by atoms with Crippen molar-refractivity contribution in [2.75, 3.05) is 11.9 Å². The Hall–Kier alpha value is -1.99. The number of primary sulfonamides is 1. The molecule has 1 aromatic heterocycles. The number of sulfonamides is 1. The Morgan fingerprint density at radius 1 is 1.16 bits per heavy atom. The van der Waals surface area contributed by atoms with Gasteiger partial charge in [0.15, 0.2) is 0 Å². The van der Waals surface area contributed by atoms with E-state index < -0.39 is 10.0 Å². The van der Waals surface area contributed by atoms with Gasteiger partial charge in [0, 0.05) is 24.4 Å². The average Bonchev–Trinajstić information content (AvgIpc) is 3.33. The zero-order valence-electron chi connectivity index (χ0n) is 14.7. The van der Waals surface area contributed by atoms with E-state index in [4.69, 9.17) is 5.14 Å². The highest BCUT2D eigenvalue weighted by Crippen LogP contribution is 2.54. The molecule has 0 bridgehead atoms. The van der Waals surface area contributed by atoms with Gasteiger partial charge in [-0.25, -0.2) is 23.5 Å². The molecule has 2 atom stereocenters. The first-order valence-corrected chi connectivity index (χ1v) is 9.88. The van der Waals surface area contributed by atoms with Crippen molar-refractivity contribution < 1.29 is 8.42 Å². The van der Waals surface area contributed by atoms with Crippen LogP contribution in [0, 0.1) is 5.41 Å². The second-order valence-corrected chi connectivity index (χ2v) is 9.34. The molecule has 1 aliphatic carbocycles. The first-order valence-electron chi connectivity index (χ1n) is 8.33. The number of benzene rings is 1.